The van der Waals surface area contributed by atoms with Crippen molar-refractivity contribution in [1.82, 2.24) is 14.7 Å². The number of aromatic nitrogens is 2. The van der Waals surface area contributed by atoms with E-state index in [-0.39, 0.29) is 0 Å². The van der Waals surface area contributed by atoms with E-state index >= 15 is 0 Å². The normalized spacial score (nSPS) is 14.1. The summed E-state index contributed by atoms with van der Waals surface area (Å²) in [7, 11) is 0. The van der Waals surface area contributed by atoms with Crippen LogP contribution in [0.25, 0.3) is 0 Å². The number of benzene rings is 1. The molecule has 0 radical (unpaired) electrons. The lowest BCUT2D eigenvalue weighted by atomic mass is 10.0. The highest BCUT2D eigenvalue weighted by Crippen LogP contribution is 2.33. The zero-order valence-corrected chi connectivity index (χ0v) is 14.7. The summed E-state index contributed by atoms with van der Waals surface area (Å²) in [6.07, 6.45) is 1.08. The van der Waals surface area contributed by atoms with E-state index in [0.717, 1.165) is 23.1 Å². The molecule has 1 N–H and O–H groups in total. The average molecular weight is 322 g/mol. The smallest absolute Gasteiger partial charge is 0.170 e. The number of thioether (sulfide) groups is 1. The topological polar surface area (TPSA) is 37.8 Å². The monoisotopic (exact) mass is 321 g/mol. The van der Waals surface area contributed by atoms with E-state index < -0.39 is 0 Å². The van der Waals surface area contributed by atoms with Crippen molar-refractivity contribution in [3.8, 4) is 0 Å². The Morgan fingerprint density at radius 1 is 1.24 bits per heavy atom. The molecule has 0 spiro atoms. The summed E-state index contributed by atoms with van der Waals surface area (Å²) in [5.41, 5.74) is 2.73. The molecule has 2 aromatic rings. The molecule has 5 heteroatoms. The molecule has 0 aliphatic rings. The minimum Gasteiger partial charge on any atom is -0.309 e. The molecule has 0 aliphatic carbocycles. The van der Waals surface area contributed by atoms with Gasteiger partial charge in [-0.1, -0.05) is 56.8 Å². The van der Waals surface area contributed by atoms with Crippen molar-refractivity contribution in [2.75, 3.05) is 6.54 Å². The van der Waals surface area contributed by atoms with Crippen LogP contribution < -0.4 is 5.32 Å². The first-order chi connectivity index (χ1) is 10.1. The maximum absolute atomic E-state index is 4.46. The van der Waals surface area contributed by atoms with Crippen LogP contribution in [0.1, 0.15) is 43.8 Å². The third kappa shape index (κ3) is 4.53. The molecule has 0 amide bonds. The van der Waals surface area contributed by atoms with E-state index in [4.69, 9.17) is 0 Å². The highest BCUT2D eigenvalue weighted by atomic mass is 32.2. The Labute approximate surface area is 135 Å². The molecule has 0 saturated carbocycles. The molecule has 2 rings (SSSR count). The van der Waals surface area contributed by atoms with E-state index in [0.29, 0.717) is 11.3 Å². The van der Waals surface area contributed by atoms with Gasteiger partial charge in [0.2, 0.25) is 0 Å². The molecule has 2 atom stereocenters. The zero-order valence-electron chi connectivity index (χ0n) is 13.1. The Hall–Kier alpha value is -0.910. The standard InChI is InChI=1S/C16H23N3S2/c1-5-13-7-9-14(10-8-13)15(17-6-2)11(3)20-16-18-12(4)19-21-16/h7-11,15,17H,5-6H2,1-4H3. The quantitative estimate of drug-likeness (QED) is 0.774. The third-order valence-electron chi connectivity index (χ3n) is 3.44. The molecule has 0 bridgehead atoms. The van der Waals surface area contributed by atoms with Gasteiger partial charge in [0.25, 0.3) is 0 Å². The molecule has 1 heterocycles. The molecule has 3 nitrogen and oxygen atoms in total. The summed E-state index contributed by atoms with van der Waals surface area (Å²) < 4.78 is 5.31. The van der Waals surface area contributed by atoms with Crippen LogP contribution in [0.3, 0.4) is 0 Å². The van der Waals surface area contributed by atoms with Crippen LogP contribution in [0.15, 0.2) is 28.6 Å². The van der Waals surface area contributed by atoms with Gasteiger partial charge in [-0.2, -0.15) is 4.37 Å². The summed E-state index contributed by atoms with van der Waals surface area (Å²) in [5.74, 6) is 0.863. The zero-order chi connectivity index (χ0) is 15.2. The van der Waals surface area contributed by atoms with Gasteiger partial charge in [0.1, 0.15) is 5.82 Å². The Morgan fingerprint density at radius 2 is 1.95 bits per heavy atom. The Balaban J connectivity index is 2.12. The first-order valence-electron chi connectivity index (χ1n) is 7.43. The highest BCUT2D eigenvalue weighted by Gasteiger charge is 2.20. The number of nitrogens with zero attached hydrogens (tertiary/aromatic N) is 2. The van der Waals surface area contributed by atoms with Crippen molar-refractivity contribution in [2.24, 2.45) is 0 Å². The van der Waals surface area contributed by atoms with Crippen molar-refractivity contribution in [3.05, 3.63) is 41.2 Å². The summed E-state index contributed by atoms with van der Waals surface area (Å²) in [6.45, 7) is 9.49. The summed E-state index contributed by atoms with van der Waals surface area (Å²) >= 11 is 3.29. The largest absolute Gasteiger partial charge is 0.309 e. The summed E-state index contributed by atoms with van der Waals surface area (Å²) in [6, 6.07) is 9.27. The molecule has 0 fully saturated rings. The minimum absolute atomic E-state index is 0.329. The van der Waals surface area contributed by atoms with Gasteiger partial charge in [-0.3, -0.25) is 0 Å². The van der Waals surface area contributed by atoms with Gasteiger partial charge in [0.15, 0.2) is 4.34 Å². The molecule has 1 aromatic heterocycles. The van der Waals surface area contributed by atoms with E-state index in [9.17, 15) is 0 Å². The first-order valence-corrected chi connectivity index (χ1v) is 9.08. The summed E-state index contributed by atoms with van der Waals surface area (Å²) in [5, 5.41) is 4.01. The van der Waals surface area contributed by atoms with Crippen LogP contribution in [0, 0.1) is 6.92 Å². The molecule has 0 saturated heterocycles. The van der Waals surface area contributed by atoms with E-state index in [2.05, 4.69) is 59.7 Å². The SMILES string of the molecule is CCNC(c1ccc(CC)cc1)C(C)Sc1nc(C)ns1. The second kappa shape index (κ2) is 7.92. The third-order valence-corrected chi connectivity index (χ3v) is 5.49. The first kappa shape index (κ1) is 16.5. The molecule has 114 valence electrons. The number of hydrogen-bond donors (Lipinski definition) is 1. The Morgan fingerprint density at radius 3 is 2.48 bits per heavy atom. The van der Waals surface area contributed by atoms with Crippen molar-refractivity contribution in [2.45, 2.75) is 49.7 Å². The highest BCUT2D eigenvalue weighted by molar-refractivity contribution is 8.01. The maximum atomic E-state index is 4.46. The second-order valence-electron chi connectivity index (χ2n) is 5.06. The van der Waals surface area contributed by atoms with Crippen molar-refractivity contribution in [1.29, 1.82) is 0 Å². The number of aryl methyl sites for hydroxylation is 2. The number of hydrogen-bond acceptors (Lipinski definition) is 5. The van der Waals surface area contributed by atoms with Gasteiger partial charge in [-0.05, 0) is 42.5 Å². The van der Waals surface area contributed by atoms with Crippen molar-refractivity contribution in [3.63, 3.8) is 0 Å². The van der Waals surface area contributed by atoms with Crippen LogP contribution in [0.2, 0.25) is 0 Å². The van der Waals surface area contributed by atoms with E-state index in [1.165, 1.54) is 22.7 Å². The lowest BCUT2D eigenvalue weighted by Crippen LogP contribution is -2.28. The fraction of sp³-hybridized carbons (Fsp3) is 0.500. The van der Waals surface area contributed by atoms with Crippen LogP contribution in [0.5, 0.6) is 0 Å². The van der Waals surface area contributed by atoms with Gasteiger partial charge in [-0.15, -0.1) is 0 Å². The van der Waals surface area contributed by atoms with Gasteiger partial charge in [0, 0.05) is 11.3 Å². The lowest BCUT2D eigenvalue weighted by molar-refractivity contribution is 0.548. The van der Waals surface area contributed by atoms with Crippen LogP contribution >= 0.6 is 23.3 Å². The molecule has 1 aromatic carbocycles. The predicted molar refractivity (Wildman–Crippen MR) is 92.2 cm³/mol. The van der Waals surface area contributed by atoms with Crippen LogP contribution in [-0.4, -0.2) is 21.2 Å². The van der Waals surface area contributed by atoms with Gasteiger partial charge in [0.05, 0.1) is 0 Å². The van der Waals surface area contributed by atoms with Gasteiger partial charge in [-0.25, -0.2) is 4.98 Å². The number of nitrogens with one attached hydrogen (secondary N) is 1. The van der Waals surface area contributed by atoms with Crippen molar-refractivity contribution < 1.29 is 0 Å². The summed E-state index contributed by atoms with van der Waals surface area (Å²) in [4.78, 5) is 4.46. The molecule has 21 heavy (non-hydrogen) atoms. The van der Waals surface area contributed by atoms with Crippen molar-refractivity contribution >= 4 is 23.3 Å². The molecular weight excluding hydrogens is 298 g/mol. The Kier molecular flexibility index (Phi) is 6.21. The van der Waals surface area contributed by atoms with Gasteiger partial charge >= 0.3 is 0 Å². The molecule has 2 unspecified atom stereocenters. The van der Waals surface area contributed by atoms with E-state index in [1.807, 2.05) is 6.92 Å². The number of rotatable bonds is 7. The fourth-order valence-corrected chi connectivity index (χ4v) is 4.34. The minimum atomic E-state index is 0.329. The average Bonchev–Trinajstić information content (AvgIpc) is 2.90. The van der Waals surface area contributed by atoms with Crippen LogP contribution in [0.4, 0.5) is 0 Å². The second-order valence-corrected chi connectivity index (χ2v) is 7.44. The van der Waals surface area contributed by atoms with E-state index in [1.54, 1.807) is 11.8 Å². The molecule has 0 aliphatic heterocycles. The molecular formula is C16H23N3S2. The fourth-order valence-electron chi connectivity index (χ4n) is 2.29. The Bertz CT molecular complexity index is 551. The predicted octanol–water partition coefficient (Wildman–Crippen LogP) is 4.24. The lowest BCUT2D eigenvalue weighted by Gasteiger charge is -2.24. The van der Waals surface area contributed by atoms with Crippen LogP contribution in [-0.2, 0) is 6.42 Å². The van der Waals surface area contributed by atoms with Gasteiger partial charge < -0.3 is 5.32 Å². The maximum Gasteiger partial charge on any atom is 0.170 e.